The number of carbonyl (C=O) groups excluding carboxylic acids is 1. The molecule has 0 unspecified atom stereocenters. The van der Waals surface area contributed by atoms with E-state index in [0.29, 0.717) is 5.56 Å². The van der Waals surface area contributed by atoms with E-state index in [2.05, 4.69) is 4.98 Å². The molecule has 1 heterocycles. The van der Waals surface area contributed by atoms with Crippen molar-refractivity contribution in [1.82, 2.24) is 9.88 Å². The highest BCUT2D eigenvalue weighted by atomic mass is 16.4. The van der Waals surface area contributed by atoms with E-state index >= 15 is 0 Å². The second kappa shape index (κ2) is 7.76. The van der Waals surface area contributed by atoms with Crippen molar-refractivity contribution in [3.63, 3.8) is 0 Å². The summed E-state index contributed by atoms with van der Waals surface area (Å²) < 4.78 is 0. The summed E-state index contributed by atoms with van der Waals surface area (Å²) in [7, 11) is 0. The largest absolute Gasteiger partial charge is 0.481 e. The number of carboxylic acids is 1. The van der Waals surface area contributed by atoms with Gasteiger partial charge in [0.2, 0.25) is 0 Å². The zero-order chi connectivity index (χ0) is 15.1. The fraction of sp³-hybridized carbons (Fsp3) is 0.562. The Hall–Kier alpha value is -1.91. The van der Waals surface area contributed by atoms with Gasteiger partial charge in [-0.25, -0.2) is 0 Å². The highest BCUT2D eigenvalue weighted by Gasteiger charge is 2.26. The van der Waals surface area contributed by atoms with Gasteiger partial charge in [0.1, 0.15) is 0 Å². The van der Waals surface area contributed by atoms with Crippen LogP contribution in [-0.4, -0.2) is 39.5 Å². The Morgan fingerprint density at radius 2 is 1.95 bits per heavy atom. The quantitative estimate of drug-likeness (QED) is 0.846. The third-order valence-electron chi connectivity index (χ3n) is 4.00. The molecule has 1 aliphatic rings. The lowest BCUT2D eigenvalue weighted by atomic mass is 10.1. The fourth-order valence-electron chi connectivity index (χ4n) is 2.89. The molecule has 1 fully saturated rings. The zero-order valence-electron chi connectivity index (χ0n) is 12.2. The molecule has 1 aliphatic carbocycles. The van der Waals surface area contributed by atoms with Crippen molar-refractivity contribution in [2.45, 2.75) is 51.0 Å². The monoisotopic (exact) mass is 290 g/mol. The first-order chi connectivity index (χ1) is 10.2. The van der Waals surface area contributed by atoms with Gasteiger partial charge in [0.15, 0.2) is 0 Å². The van der Waals surface area contributed by atoms with E-state index in [1.165, 1.54) is 12.8 Å². The third kappa shape index (κ3) is 4.55. The number of hydrogen-bond acceptors (Lipinski definition) is 3. The molecule has 1 amide bonds. The van der Waals surface area contributed by atoms with E-state index in [-0.39, 0.29) is 24.9 Å². The van der Waals surface area contributed by atoms with E-state index in [1.54, 1.807) is 29.4 Å². The van der Waals surface area contributed by atoms with E-state index in [0.717, 1.165) is 25.7 Å². The first-order valence-electron chi connectivity index (χ1n) is 7.61. The van der Waals surface area contributed by atoms with E-state index < -0.39 is 5.97 Å². The van der Waals surface area contributed by atoms with Crippen molar-refractivity contribution in [2.24, 2.45) is 0 Å². The average Bonchev–Trinajstić information content (AvgIpc) is 2.77. The Kier molecular flexibility index (Phi) is 5.72. The predicted octanol–water partition coefficient (Wildman–Crippen LogP) is 2.72. The average molecular weight is 290 g/mol. The third-order valence-corrected chi connectivity index (χ3v) is 4.00. The lowest BCUT2D eigenvalue weighted by Gasteiger charge is -2.31. The van der Waals surface area contributed by atoms with Gasteiger partial charge in [0.25, 0.3) is 5.91 Å². The minimum absolute atomic E-state index is 0.0114. The van der Waals surface area contributed by atoms with Crippen LogP contribution in [0.5, 0.6) is 0 Å². The lowest BCUT2D eigenvalue weighted by Crippen LogP contribution is -2.41. The van der Waals surface area contributed by atoms with E-state index in [1.807, 2.05) is 0 Å². The second-order valence-electron chi connectivity index (χ2n) is 5.53. The molecule has 0 atom stereocenters. The predicted molar refractivity (Wildman–Crippen MR) is 79.0 cm³/mol. The van der Waals surface area contributed by atoms with Gasteiger partial charge in [0, 0.05) is 25.0 Å². The summed E-state index contributed by atoms with van der Waals surface area (Å²) in [5, 5.41) is 8.92. The molecule has 1 aromatic rings. The molecule has 0 aromatic carbocycles. The smallest absolute Gasteiger partial charge is 0.305 e. The van der Waals surface area contributed by atoms with Crippen LogP contribution in [0.15, 0.2) is 24.5 Å². The Labute approximate surface area is 125 Å². The molecule has 5 heteroatoms. The van der Waals surface area contributed by atoms with Gasteiger partial charge >= 0.3 is 5.97 Å². The molecular weight excluding hydrogens is 268 g/mol. The Morgan fingerprint density at radius 3 is 2.52 bits per heavy atom. The Morgan fingerprint density at radius 1 is 1.24 bits per heavy atom. The molecule has 0 aliphatic heterocycles. The molecule has 114 valence electrons. The number of aromatic nitrogens is 1. The summed E-state index contributed by atoms with van der Waals surface area (Å²) in [6, 6.07) is 3.62. The zero-order valence-corrected chi connectivity index (χ0v) is 12.2. The summed E-state index contributed by atoms with van der Waals surface area (Å²) >= 11 is 0. The van der Waals surface area contributed by atoms with Crippen molar-refractivity contribution in [2.75, 3.05) is 6.54 Å². The minimum atomic E-state index is -0.868. The van der Waals surface area contributed by atoms with Crippen LogP contribution < -0.4 is 0 Å². The van der Waals surface area contributed by atoms with Crippen molar-refractivity contribution < 1.29 is 14.7 Å². The van der Waals surface area contributed by atoms with Gasteiger partial charge in [-0.3, -0.25) is 14.6 Å². The lowest BCUT2D eigenvalue weighted by molar-refractivity contribution is -0.137. The molecule has 21 heavy (non-hydrogen) atoms. The van der Waals surface area contributed by atoms with Crippen LogP contribution in [0, 0.1) is 0 Å². The Bertz CT molecular complexity index is 468. The minimum Gasteiger partial charge on any atom is -0.481 e. The highest BCUT2D eigenvalue weighted by Crippen LogP contribution is 2.23. The van der Waals surface area contributed by atoms with Gasteiger partial charge in [-0.05, 0) is 25.0 Å². The number of amides is 1. The first kappa shape index (κ1) is 15.5. The number of nitrogens with zero attached hydrogens (tertiary/aromatic N) is 2. The molecule has 0 spiro atoms. The number of pyridine rings is 1. The molecule has 2 rings (SSSR count). The van der Waals surface area contributed by atoms with Crippen molar-refractivity contribution in [3.05, 3.63) is 30.1 Å². The number of carboxylic acid groups (broad SMARTS) is 1. The van der Waals surface area contributed by atoms with Gasteiger partial charge in [-0.2, -0.15) is 0 Å². The van der Waals surface area contributed by atoms with Crippen LogP contribution in [0.3, 0.4) is 0 Å². The van der Waals surface area contributed by atoms with Crippen LogP contribution >= 0.6 is 0 Å². The summed E-state index contributed by atoms with van der Waals surface area (Å²) in [4.78, 5) is 29.3. The van der Waals surface area contributed by atoms with Crippen molar-refractivity contribution >= 4 is 11.9 Å². The van der Waals surface area contributed by atoms with E-state index in [4.69, 9.17) is 5.11 Å². The van der Waals surface area contributed by atoms with Crippen LogP contribution in [0.1, 0.15) is 55.3 Å². The van der Waals surface area contributed by atoms with Gasteiger partial charge in [-0.1, -0.05) is 25.7 Å². The topological polar surface area (TPSA) is 70.5 Å². The van der Waals surface area contributed by atoms with Crippen LogP contribution in [0.25, 0.3) is 0 Å². The molecule has 1 aromatic heterocycles. The Balaban J connectivity index is 2.13. The van der Waals surface area contributed by atoms with Gasteiger partial charge in [0.05, 0.1) is 12.0 Å². The van der Waals surface area contributed by atoms with Crippen LogP contribution in [-0.2, 0) is 4.79 Å². The fourth-order valence-corrected chi connectivity index (χ4v) is 2.89. The standard InChI is InChI=1S/C16H22N2O3/c19-15(20)9-11-18(14-7-3-1-2-4-8-14)16(21)13-6-5-10-17-12-13/h5-6,10,12,14H,1-4,7-9,11H2,(H,19,20). The molecule has 1 N–H and O–H groups in total. The molecule has 0 radical (unpaired) electrons. The molecular formula is C16H22N2O3. The maximum Gasteiger partial charge on any atom is 0.305 e. The number of carbonyl (C=O) groups is 2. The number of aliphatic carboxylic acids is 1. The summed E-state index contributed by atoms with van der Waals surface area (Å²) in [6.45, 7) is 0.272. The van der Waals surface area contributed by atoms with Crippen LogP contribution in [0.2, 0.25) is 0 Å². The molecule has 0 saturated heterocycles. The van der Waals surface area contributed by atoms with Crippen molar-refractivity contribution in [3.8, 4) is 0 Å². The number of hydrogen-bond donors (Lipinski definition) is 1. The summed E-state index contributed by atoms with van der Waals surface area (Å²) in [6.07, 6.45) is 9.70. The highest BCUT2D eigenvalue weighted by molar-refractivity contribution is 5.94. The number of rotatable bonds is 5. The molecule has 1 saturated carbocycles. The van der Waals surface area contributed by atoms with E-state index in [9.17, 15) is 9.59 Å². The maximum atomic E-state index is 12.7. The molecule has 0 bridgehead atoms. The summed E-state index contributed by atoms with van der Waals surface area (Å²) in [5.74, 6) is -0.969. The van der Waals surface area contributed by atoms with Gasteiger partial charge in [-0.15, -0.1) is 0 Å². The SMILES string of the molecule is O=C(O)CCN(C(=O)c1cccnc1)C1CCCCCC1. The van der Waals surface area contributed by atoms with Crippen LogP contribution in [0.4, 0.5) is 0 Å². The van der Waals surface area contributed by atoms with Gasteiger partial charge < -0.3 is 10.0 Å². The first-order valence-corrected chi connectivity index (χ1v) is 7.61. The normalized spacial score (nSPS) is 16.2. The van der Waals surface area contributed by atoms with Crippen molar-refractivity contribution in [1.29, 1.82) is 0 Å². The molecule has 5 nitrogen and oxygen atoms in total. The second-order valence-corrected chi connectivity index (χ2v) is 5.53. The maximum absolute atomic E-state index is 12.7. The summed E-state index contributed by atoms with van der Waals surface area (Å²) in [5.41, 5.74) is 0.534.